The lowest BCUT2D eigenvalue weighted by molar-refractivity contribution is 0.102. The number of rotatable bonds is 4. The van der Waals surface area contributed by atoms with Crippen LogP contribution in [-0.4, -0.2) is 30.3 Å². The highest BCUT2D eigenvalue weighted by Crippen LogP contribution is 2.19. The molecule has 0 radical (unpaired) electrons. The Balaban J connectivity index is 1.68. The van der Waals surface area contributed by atoms with Crippen molar-refractivity contribution in [3.8, 4) is 11.4 Å². The number of hydrogen-bond acceptors (Lipinski definition) is 4. The van der Waals surface area contributed by atoms with Gasteiger partial charge in [0.1, 0.15) is 5.69 Å². The Morgan fingerprint density at radius 3 is 2.40 bits per heavy atom. The van der Waals surface area contributed by atoms with E-state index in [1.54, 1.807) is 30.3 Å². The van der Waals surface area contributed by atoms with E-state index in [1.165, 1.54) is 4.68 Å². The zero-order valence-electron chi connectivity index (χ0n) is 16.6. The molecule has 1 N–H and O–H groups in total. The largest absolute Gasteiger partial charge is 0.314 e. The zero-order valence-corrected chi connectivity index (χ0v) is 18.2. The van der Waals surface area contributed by atoms with E-state index in [-0.39, 0.29) is 16.9 Å². The number of aromatic nitrogens is 5. The Morgan fingerprint density at radius 1 is 1.00 bits per heavy atom. The third-order valence-electron chi connectivity index (χ3n) is 4.96. The van der Waals surface area contributed by atoms with E-state index in [9.17, 15) is 9.59 Å². The van der Waals surface area contributed by atoms with E-state index in [4.69, 9.17) is 0 Å². The number of carbonyl (C=O) groups excluding carboxylic acids is 1. The SMILES string of the molecule is Cc1c(C(=O)Nc2c(C)n(C)n(-c3ccccc3)c2=O)nnn1-c1cccc(Br)c1. The summed E-state index contributed by atoms with van der Waals surface area (Å²) in [5.41, 5.74) is 2.75. The molecular formula is C21H19BrN6O2. The number of benzene rings is 2. The minimum absolute atomic E-state index is 0.156. The maximum atomic E-state index is 13.0. The van der Waals surface area contributed by atoms with Gasteiger partial charge in [-0.3, -0.25) is 14.3 Å². The van der Waals surface area contributed by atoms with Gasteiger partial charge in [0.25, 0.3) is 11.5 Å². The van der Waals surface area contributed by atoms with Gasteiger partial charge in [-0.1, -0.05) is 45.4 Å². The highest BCUT2D eigenvalue weighted by atomic mass is 79.9. The van der Waals surface area contributed by atoms with Crippen LogP contribution in [0.5, 0.6) is 0 Å². The molecule has 0 spiro atoms. The predicted molar refractivity (Wildman–Crippen MR) is 117 cm³/mol. The Labute approximate surface area is 180 Å². The molecule has 0 atom stereocenters. The summed E-state index contributed by atoms with van der Waals surface area (Å²) in [7, 11) is 1.77. The van der Waals surface area contributed by atoms with E-state index in [0.717, 1.165) is 10.2 Å². The molecule has 0 saturated heterocycles. The number of anilines is 1. The normalized spacial score (nSPS) is 10.9. The molecule has 4 aromatic rings. The van der Waals surface area contributed by atoms with E-state index < -0.39 is 5.91 Å². The molecule has 2 aromatic carbocycles. The van der Waals surface area contributed by atoms with Crippen molar-refractivity contribution in [3.05, 3.63) is 86.5 Å². The second kappa shape index (κ2) is 7.75. The van der Waals surface area contributed by atoms with Crippen LogP contribution in [0.1, 0.15) is 21.9 Å². The van der Waals surface area contributed by atoms with Crippen LogP contribution in [0.2, 0.25) is 0 Å². The van der Waals surface area contributed by atoms with Gasteiger partial charge in [0.05, 0.1) is 22.8 Å². The van der Waals surface area contributed by atoms with E-state index >= 15 is 0 Å². The fourth-order valence-electron chi connectivity index (χ4n) is 3.28. The van der Waals surface area contributed by atoms with Crippen molar-refractivity contribution in [2.75, 3.05) is 5.32 Å². The topological polar surface area (TPSA) is 86.7 Å². The number of amides is 1. The van der Waals surface area contributed by atoms with Gasteiger partial charge >= 0.3 is 0 Å². The molecule has 0 fully saturated rings. The van der Waals surface area contributed by atoms with Crippen molar-refractivity contribution in [3.63, 3.8) is 0 Å². The number of nitrogens with zero attached hydrogens (tertiary/aromatic N) is 5. The lowest BCUT2D eigenvalue weighted by Gasteiger charge is -2.07. The number of carbonyl (C=O) groups is 1. The molecule has 0 aliphatic rings. The highest BCUT2D eigenvalue weighted by molar-refractivity contribution is 9.10. The van der Waals surface area contributed by atoms with Crippen LogP contribution in [0, 0.1) is 13.8 Å². The quantitative estimate of drug-likeness (QED) is 0.499. The molecule has 9 heteroatoms. The van der Waals surface area contributed by atoms with E-state index in [0.29, 0.717) is 17.1 Å². The van der Waals surface area contributed by atoms with Crippen molar-refractivity contribution in [2.24, 2.45) is 7.05 Å². The first-order valence-corrected chi connectivity index (χ1v) is 10.0. The Bertz CT molecular complexity index is 1300. The average molecular weight is 467 g/mol. The maximum Gasteiger partial charge on any atom is 0.295 e. The fraction of sp³-hybridized carbons (Fsp3) is 0.143. The summed E-state index contributed by atoms with van der Waals surface area (Å²) in [6, 6.07) is 16.8. The van der Waals surface area contributed by atoms with Gasteiger partial charge in [0.2, 0.25) is 0 Å². The molecule has 0 unspecified atom stereocenters. The van der Waals surface area contributed by atoms with Crippen molar-refractivity contribution in [2.45, 2.75) is 13.8 Å². The van der Waals surface area contributed by atoms with Crippen molar-refractivity contribution < 1.29 is 4.79 Å². The van der Waals surface area contributed by atoms with E-state index in [1.807, 2.05) is 54.6 Å². The van der Waals surface area contributed by atoms with E-state index in [2.05, 4.69) is 31.6 Å². The highest BCUT2D eigenvalue weighted by Gasteiger charge is 2.22. The van der Waals surface area contributed by atoms with Gasteiger partial charge in [-0.05, 0) is 44.2 Å². The maximum absolute atomic E-state index is 13.0. The molecule has 0 aliphatic carbocycles. The second-order valence-corrected chi connectivity index (χ2v) is 7.72. The molecule has 8 nitrogen and oxygen atoms in total. The molecule has 0 saturated carbocycles. The first-order valence-electron chi connectivity index (χ1n) is 9.22. The van der Waals surface area contributed by atoms with Gasteiger partial charge in [-0.15, -0.1) is 5.10 Å². The third-order valence-corrected chi connectivity index (χ3v) is 5.45. The monoisotopic (exact) mass is 466 g/mol. The fourth-order valence-corrected chi connectivity index (χ4v) is 3.66. The number of hydrogen-bond donors (Lipinski definition) is 1. The summed E-state index contributed by atoms with van der Waals surface area (Å²) in [4.78, 5) is 25.9. The van der Waals surface area contributed by atoms with Crippen molar-refractivity contribution in [1.29, 1.82) is 0 Å². The predicted octanol–water partition coefficient (Wildman–Crippen LogP) is 3.39. The minimum Gasteiger partial charge on any atom is -0.314 e. The van der Waals surface area contributed by atoms with Crippen molar-refractivity contribution >= 4 is 27.5 Å². The van der Waals surface area contributed by atoms with Crippen LogP contribution in [0.3, 0.4) is 0 Å². The van der Waals surface area contributed by atoms with Crippen LogP contribution >= 0.6 is 15.9 Å². The van der Waals surface area contributed by atoms with Gasteiger partial charge < -0.3 is 5.32 Å². The first-order chi connectivity index (χ1) is 14.4. The summed E-state index contributed by atoms with van der Waals surface area (Å²) in [6.07, 6.45) is 0. The summed E-state index contributed by atoms with van der Waals surface area (Å²) < 4.78 is 5.69. The standard InChI is InChI=1S/C21H19BrN6O2/c1-13-19(21(30)28(26(13)3)16-9-5-4-6-10-16)23-20(29)18-14(2)27(25-24-18)17-11-7-8-15(22)12-17/h4-12H,1-3H3,(H,23,29). The van der Waals surface area contributed by atoms with Crippen LogP contribution in [0.25, 0.3) is 11.4 Å². The van der Waals surface area contributed by atoms with Gasteiger partial charge in [-0.25, -0.2) is 9.36 Å². The molecule has 2 aromatic heterocycles. The Morgan fingerprint density at radius 2 is 1.70 bits per heavy atom. The summed E-state index contributed by atoms with van der Waals surface area (Å²) in [5, 5.41) is 10.9. The molecule has 0 aliphatic heterocycles. The van der Waals surface area contributed by atoms with Crippen LogP contribution < -0.4 is 10.9 Å². The molecule has 2 heterocycles. The molecule has 4 rings (SSSR count). The smallest absolute Gasteiger partial charge is 0.295 e. The summed E-state index contributed by atoms with van der Waals surface area (Å²) >= 11 is 3.43. The second-order valence-electron chi connectivity index (χ2n) is 6.81. The first kappa shape index (κ1) is 19.8. The zero-order chi connectivity index (χ0) is 21.4. The van der Waals surface area contributed by atoms with Gasteiger partial charge in [-0.2, -0.15) is 0 Å². The minimum atomic E-state index is -0.486. The molecule has 30 heavy (non-hydrogen) atoms. The van der Waals surface area contributed by atoms with Gasteiger partial charge in [0.15, 0.2) is 5.69 Å². The lowest BCUT2D eigenvalue weighted by Crippen LogP contribution is -2.23. The molecule has 1 amide bonds. The number of nitrogens with one attached hydrogen (secondary N) is 1. The molecule has 0 bridgehead atoms. The molecule has 152 valence electrons. The van der Waals surface area contributed by atoms with Crippen LogP contribution in [-0.2, 0) is 7.05 Å². The number of halogens is 1. The molecular weight excluding hydrogens is 448 g/mol. The summed E-state index contributed by atoms with van der Waals surface area (Å²) in [5.74, 6) is -0.486. The van der Waals surface area contributed by atoms with Crippen LogP contribution in [0.15, 0.2) is 63.9 Å². The summed E-state index contributed by atoms with van der Waals surface area (Å²) in [6.45, 7) is 3.54. The lowest BCUT2D eigenvalue weighted by atomic mass is 10.2. The Kier molecular flexibility index (Phi) is 5.13. The van der Waals surface area contributed by atoms with Gasteiger partial charge in [0, 0.05) is 11.5 Å². The number of para-hydroxylation sites is 1. The van der Waals surface area contributed by atoms with Crippen molar-refractivity contribution in [1.82, 2.24) is 24.4 Å². The van der Waals surface area contributed by atoms with Crippen LogP contribution in [0.4, 0.5) is 5.69 Å². The third kappa shape index (κ3) is 3.37. The Hall–Kier alpha value is -3.46. The average Bonchev–Trinajstić information content (AvgIpc) is 3.22.